The molecule has 0 amide bonds. The van der Waals surface area contributed by atoms with Crippen molar-refractivity contribution >= 4 is 24.3 Å². The summed E-state index contributed by atoms with van der Waals surface area (Å²) in [4.78, 5) is 23.2. The zero-order valence-electron chi connectivity index (χ0n) is 14.9. The van der Waals surface area contributed by atoms with Gasteiger partial charge in [0.15, 0.2) is 11.5 Å². The van der Waals surface area contributed by atoms with Crippen molar-refractivity contribution in [3.63, 3.8) is 0 Å². The fourth-order valence-electron chi connectivity index (χ4n) is 2.38. The SMILES string of the molecule is Cl.O=C(OCCCN[C@](O)(Cc1ccc(O)c(O)c1)C(=O)O)c1ccccc1. The monoisotopic (exact) mass is 411 g/mol. The van der Waals surface area contributed by atoms with Crippen LogP contribution in [0.25, 0.3) is 0 Å². The van der Waals surface area contributed by atoms with Gasteiger partial charge < -0.3 is 25.2 Å². The Morgan fingerprint density at radius 2 is 1.71 bits per heavy atom. The van der Waals surface area contributed by atoms with E-state index in [0.29, 0.717) is 11.1 Å². The fraction of sp³-hybridized carbons (Fsp3) is 0.263. The van der Waals surface area contributed by atoms with Crippen molar-refractivity contribution < 1.29 is 34.8 Å². The number of hydrogen-bond acceptors (Lipinski definition) is 7. The molecule has 152 valence electrons. The van der Waals surface area contributed by atoms with E-state index in [1.54, 1.807) is 30.3 Å². The average molecular weight is 412 g/mol. The number of carboxylic acid groups (broad SMARTS) is 1. The zero-order chi connectivity index (χ0) is 19.9. The van der Waals surface area contributed by atoms with E-state index in [1.807, 2.05) is 0 Å². The third-order valence-corrected chi connectivity index (χ3v) is 3.83. The van der Waals surface area contributed by atoms with Gasteiger partial charge in [-0.15, -0.1) is 12.4 Å². The summed E-state index contributed by atoms with van der Waals surface area (Å²) >= 11 is 0. The highest BCUT2D eigenvalue weighted by atomic mass is 35.5. The van der Waals surface area contributed by atoms with Crippen LogP contribution in [0.2, 0.25) is 0 Å². The fourth-order valence-corrected chi connectivity index (χ4v) is 2.38. The molecule has 28 heavy (non-hydrogen) atoms. The molecular formula is C19H22ClNO7. The van der Waals surface area contributed by atoms with Crippen molar-refractivity contribution in [3.05, 3.63) is 59.7 Å². The number of aliphatic hydroxyl groups is 1. The van der Waals surface area contributed by atoms with Crippen LogP contribution in [0.5, 0.6) is 11.5 Å². The third-order valence-electron chi connectivity index (χ3n) is 3.83. The Labute approximate surface area is 167 Å². The number of benzene rings is 2. The number of aromatic hydroxyl groups is 2. The lowest BCUT2D eigenvalue weighted by atomic mass is 10.0. The van der Waals surface area contributed by atoms with Crippen molar-refractivity contribution in [2.24, 2.45) is 0 Å². The van der Waals surface area contributed by atoms with Crippen LogP contribution in [0.15, 0.2) is 48.5 Å². The van der Waals surface area contributed by atoms with E-state index >= 15 is 0 Å². The summed E-state index contributed by atoms with van der Waals surface area (Å²) in [6, 6.07) is 12.2. The molecule has 2 rings (SSSR count). The molecule has 0 heterocycles. The molecule has 0 saturated carbocycles. The first-order valence-electron chi connectivity index (χ1n) is 8.25. The Kier molecular flexibility index (Phi) is 8.72. The number of phenols is 2. The van der Waals surface area contributed by atoms with E-state index in [4.69, 9.17) is 4.74 Å². The molecule has 1 atom stereocenters. The molecule has 0 unspecified atom stereocenters. The minimum atomic E-state index is -2.27. The van der Waals surface area contributed by atoms with E-state index in [2.05, 4.69) is 5.32 Å². The Balaban J connectivity index is 0.00000392. The molecule has 0 radical (unpaired) electrons. The Hall–Kier alpha value is -2.81. The molecule has 0 bridgehead atoms. The molecule has 9 heteroatoms. The first-order valence-corrected chi connectivity index (χ1v) is 8.25. The maximum absolute atomic E-state index is 11.8. The zero-order valence-corrected chi connectivity index (χ0v) is 15.7. The molecule has 2 aromatic rings. The molecule has 2 aromatic carbocycles. The second kappa shape index (κ2) is 10.5. The van der Waals surface area contributed by atoms with Crippen LogP contribution >= 0.6 is 12.4 Å². The van der Waals surface area contributed by atoms with Gasteiger partial charge in [0.2, 0.25) is 5.72 Å². The smallest absolute Gasteiger partial charge is 0.351 e. The second-order valence-electron chi connectivity index (χ2n) is 5.95. The summed E-state index contributed by atoms with van der Waals surface area (Å²) in [5.41, 5.74) is -1.54. The maximum atomic E-state index is 11.8. The van der Waals surface area contributed by atoms with Gasteiger partial charge in [-0.1, -0.05) is 24.3 Å². The summed E-state index contributed by atoms with van der Waals surface area (Å²) in [5, 5.41) is 40.9. The molecule has 0 spiro atoms. The predicted octanol–water partition coefficient (Wildman–Crippen LogP) is 1.67. The number of halogens is 1. The van der Waals surface area contributed by atoms with Gasteiger partial charge in [-0.25, -0.2) is 9.59 Å². The van der Waals surface area contributed by atoms with Gasteiger partial charge in [-0.2, -0.15) is 0 Å². The largest absolute Gasteiger partial charge is 0.504 e. The standard InChI is InChI=1S/C19H21NO7.ClH/c21-15-8-7-13(11-16(15)22)12-19(26,18(24)25)20-9-4-10-27-17(23)14-5-2-1-3-6-14;/h1-3,5-8,11,20-22,26H,4,9-10,12H2,(H,24,25);1H/t19-;/m0./s1. The Morgan fingerprint density at radius 1 is 1.04 bits per heavy atom. The minimum absolute atomic E-state index is 0. The number of hydrogen-bond donors (Lipinski definition) is 5. The van der Waals surface area contributed by atoms with E-state index < -0.39 is 23.4 Å². The lowest BCUT2D eigenvalue weighted by Crippen LogP contribution is -2.54. The summed E-state index contributed by atoms with van der Waals surface area (Å²) in [6.45, 7) is 0.130. The molecule has 0 aliphatic heterocycles. The summed E-state index contributed by atoms with van der Waals surface area (Å²) < 4.78 is 5.08. The van der Waals surface area contributed by atoms with Crippen molar-refractivity contribution in [2.75, 3.05) is 13.2 Å². The molecular weight excluding hydrogens is 390 g/mol. The number of esters is 1. The summed E-state index contributed by atoms with van der Waals surface area (Å²) in [6.07, 6.45) is -0.0467. The van der Waals surface area contributed by atoms with Gasteiger partial charge in [-0.3, -0.25) is 5.32 Å². The molecule has 0 fully saturated rings. The van der Waals surface area contributed by atoms with Crippen LogP contribution in [0.4, 0.5) is 0 Å². The number of carboxylic acids is 1. The number of aliphatic carboxylic acids is 1. The predicted molar refractivity (Wildman–Crippen MR) is 103 cm³/mol. The van der Waals surface area contributed by atoms with Crippen LogP contribution in [0.3, 0.4) is 0 Å². The normalized spacial score (nSPS) is 12.5. The molecule has 5 N–H and O–H groups in total. The lowest BCUT2D eigenvalue weighted by molar-refractivity contribution is -0.162. The first-order chi connectivity index (χ1) is 12.8. The molecule has 0 aromatic heterocycles. The van der Waals surface area contributed by atoms with Gasteiger partial charge in [-0.05, 0) is 36.2 Å². The van der Waals surface area contributed by atoms with E-state index in [0.717, 1.165) is 0 Å². The van der Waals surface area contributed by atoms with Gasteiger partial charge in [0, 0.05) is 13.0 Å². The second-order valence-corrected chi connectivity index (χ2v) is 5.95. The van der Waals surface area contributed by atoms with Crippen molar-refractivity contribution in [1.29, 1.82) is 0 Å². The van der Waals surface area contributed by atoms with E-state index in [1.165, 1.54) is 18.2 Å². The maximum Gasteiger partial charge on any atom is 0.351 e. The number of rotatable bonds is 9. The van der Waals surface area contributed by atoms with Gasteiger partial charge in [0.25, 0.3) is 0 Å². The topological polar surface area (TPSA) is 136 Å². The minimum Gasteiger partial charge on any atom is -0.504 e. The number of ether oxygens (including phenoxy) is 1. The number of carbonyl (C=O) groups excluding carboxylic acids is 1. The number of carbonyl (C=O) groups is 2. The Morgan fingerprint density at radius 3 is 2.32 bits per heavy atom. The average Bonchev–Trinajstić information content (AvgIpc) is 2.65. The van der Waals surface area contributed by atoms with Crippen molar-refractivity contribution in [1.82, 2.24) is 5.32 Å². The number of phenolic OH excluding ortho intramolecular Hbond substituents is 2. The quantitative estimate of drug-likeness (QED) is 0.182. The Bertz CT molecular complexity index is 800. The number of nitrogens with one attached hydrogen (secondary N) is 1. The van der Waals surface area contributed by atoms with Crippen molar-refractivity contribution in [2.45, 2.75) is 18.6 Å². The van der Waals surface area contributed by atoms with Gasteiger partial charge in [0.1, 0.15) is 0 Å². The lowest BCUT2D eigenvalue weighted by Gasteiger charge is -2.25. The van der Waals surface area contributed by atoms with Crippen LogP contribution in [-0.4, -0.2) is 51.2 Å². The van der Waals surface area contributed by atoms with Crippen LogP contribution < -0.4 is 5.32 Å². The van der Waals surface area contributed by atoms with E-state index in [-0.39, 0.29) is 44.1 Å². The molecule has 0 saturated heterocycles. The van der Waals surface area contributed by atoms with Crippen LogP contribution in [0, 0.1) is 0 Å². The highest BCUT2D eigenvalue weighted by molar-refractivity contribution is 5.89. The third kappa shape index (κ3) is 6.41. The molecule has 8 nitrogen and oxygen atoms in total. The van der Waals surface area contributed by atoms with Gasteiger partial charge >= 0.3 is 11.9 Å². The van der Waals surface area contributed by atoms with Crippen LogP contribution in [-0.2, 0) is 16.0 Å². The first kappa shape index (κ1) is 23.2. The molecule has 0 aliphatic carbocycles. The van der Waals surface area contributed by atoms with E-state index in [9.17, 15) is 30.0 Å². The van der Waals surface area contributed by atoms with Crippen LogP contribution in [0.1, 0.15) is 22.3 Å². The highest BCUT2D eigenvalue weighted by Crippen LogP contribution is 2.26. The van der Waals surface area contributed by atoms with Crippen molar-refractivity contribution in [3.8, 4) is 11.5 Å². The summed E-state index contributed by atoms with van der Waals surface area (Å²) in [5.74, 6) is -2.72. The van der Waals surface area contributed by atoms with Gasteiger partial charge in [0.05, 0.1) is 12.2 Å². The molecule has 0 aliphatic rings. The highest BCUT2D eigenvalue weighted by Gasteiger charge is 2.35. The summed E-state index contributed by atoms with van der Waals surface area (Å²) in [7, 11) is 0.